The highest BCUT2D eigenvalue weighted by atomic mass is 35.5. The van der Waals surface area contributed by atoms with E-state index in [0.29, 0.717) is 38.5 Å². The molecule has 0 aliphatic carbocycles. The standard InChI is InChI=1S/C22H21Cl2N3O3/c1-12(15-5-7-16(8-6-15)14(3)28)25-21(29)20-13(2)26-27(4)22(20)30-17-9-10-18(23)19(24)11-17/h5-12,28H,3H2,1-2,4H3,(H,25,29)/t12-/m0/s1. The third kappa shape index (κ3) is 4.61. The van der Waals surface area contributed by atoms with Crippen molar-refractivity contribution < 1.29 is 14.6 Å². The van der Waals surface area contributed by atoms with Gasteiger partial charge in [-0.15, -0.1) is 0 Å². The molecule has 3 aromatic rings. The average Bonchev–Trinajstić information content (AvgIpc) is 2.97. The summed E-state index contributed by atoms with van der Waals surface area (Å²) < 4.78 is 7.41. The number of hydrogen-bond acceptors (Lipinski definition) is 4. The lowest BCUT2D eigenvalue weighted by Crippen LogP contribution is -2.27. The van der Waals surface area contributed by atoms with Crippen LogP contribution in [0.5, 0.6) is 11.6 Å². The molecule has 1 heterocycles. The highest BCUT2D eigenvalue weighted by Gasteiger charge is 2.24. The summed E-state index contributed by atoms with van der Waals surface area (Å²) >= 11 is 12.0. The summed E-state index contributed by atoms with van der Waals surface area (Å²) in [7, 11) is 1.69. The number of rotatable bonds is 6. The Labute approximate surface area is 184 Å². The monoisotopic (exact) mass is 445 g/mol. The Morgan fingerprint density at radius 1 is 1.20 bits per heavy atom. The Bertz CT molecular complexity index is 1110. The smallest absolute Gasteiger partial charge is 0.259 e. The SMILES string of the molecule is C=C(O)c1ccc([C@H](C)NC(=O)c2c(C)nn(C)c2Oc2ccc(Cl)c(Cl)c2)cc1. The molecule has 0 aliphatic heterocycles. The number of carbonyl (C=O) groups is 1. The number of amides is 1. The van der Waals surface area contributed by atoms with E-state index in [-0.39, 0.29) is 17.7 Å². The predicted octanol–water partition coefficient (Wildman–Crippen LogP) is 5.85. The molecule has 156 valence electrons. The minimum absolute atomic E-state index is 0.00619. The van der Waals surface area contributed by atoms with Gasteiger partial charge < -0.3 is 15.2 Å². The van der Waals surface area contributed by atoms with E-state index >= 15 is 0 Å². The number of ether oxygens (including phenoxy) is 1. The molecule has 3 rings (SSSR count). The van der Waals surface area contributed by atoms with E-state index in [2.05, 4.69) is 17.0 Å². The van der Waals surface area contributed by atoms with Crippen LogP contribution in [-0.4, -0.2) is 20.8 Å². The van der Waals surface area contributed by atoms with Crippen LogP contribution in [0.1, 0.15) is 40.1 Å². The number of aryl methyl sites for hydroxylation is 2. The summed E-state index contributed by atoms with van der Waals surface area (Å²) in [4.78, 5) is 13.0. The number of halogens is 2. The normalized spacial score (nSPS) is 11.8. The molecule has 2 N–H and O–H groups in total. The molecular weight excluding hydrogens is 425 g/mol. The van der Waals surface area contributed by atoms with E-state index in [1.54, 1.807) is 44.3 Å². The molecule has 0 aliphatic rings. The van der Waals surface area contributed by atoms with Crippen molar-refractivity contribution in [2.24, 2.45) is 7.05 Å². The Kier molecular flexibility index (Phi) is 6.39. The summed E-state index contributed by atoms with van der Waals surface area (Å²) in [6.07, 6.45) is 0. The van der Waals surface area contributed by atoms with Gasteiger partial charge in [-0.3, -0.25) is 4.79 Å². The number of nitrogens with one attached hydrogen (secondary N) is 1. The highest BCUT2D eigenvalue weighted by molar-refractivity contribution is 6.42. The quantitative estimate of drug-likeness (QED) is 0.466. The first-order chi connectivity index (χ1) is 14.2. The minimum atomic E-state index is -0.321. The molecule has 0 spiro atoms. The first kappa shape index (κ1) is 21.7. The van der Waals surface area contributed by atoms with Gasteiger partial charge in [-0.25, -0.2) is 4.68 Å². The van der Waals surface area contributed by atoms with Gasteiger partial charge in [0, 0.05) is 18.7 Å². The lowest BCUT2D eigenvalue weighted by molar-refractivity contribution is 0.0936. The van der Waals surface area contributed by atoms with Crippen molar-refractivity contribution in [2.45, 2.75) is 19.9 Å². The lowest BCUT2D eigenvalue weighted by atomic mass is 10.0. The minimum Gasteiger partial charge on any atom is -0.508 e. The second-order valence-corrected chi connectivity index (χ2v) is 7.65. The van der Waals surface area contributed by atoms with Crippen LogP contribution in [0.2, 0.25) is 10.0 Å². The summed E-state index contributed by atoms with van der Waals surface area (Å²) in [5, 5.41) is 17.5. The van der Waals surface area contributed by atoms with Gasteiger partial charge in [0.25, 0.3) is 5.91 Å². The molecule has 1 atom stereocenters. The van der Waals surface area contributed by atoms with Gasteiger partial charge in [-0.05, 0) is 31.5 Å². The largest absolute Gasteiger partial charge is 0.508 e. The van der Waals surface area contributed by atoms with Gasteiger partial charge in [0.05, 0.1) is 21.8 Å². The Hall–Kier alpha value is -2.96. The van der Waals surface area contributed by atoms with E-state index in [9.17, 15) is 9.90 Å². The number of carbonyl (C=O) groups excluding carboxylic acids is 1. The van der Waals surface area contributed by atoms with E-state index in [4.69, 9.17) is 27.9 Å². The van der Waals surface area contributed by atoms with Gasteiger partial charge >= 0.3 is 0 Å². The van der Waals surface area contributed by atoms with Crippen LogP contribution >= 0.6 is 23.2 Å². The maximum Gasteiger partial charge on any atom is 0.259 e. The maximum absolute atomic E-state index is 13.0. The average molecular weight is 446 g/mol. The molecule has 0 unspecified atom stereocenters. The molecule has 30 heavy (non-hydrogen) atoms. The molecule has 0 saturated carbocycles. The number of nitrogens with zero attached hydrogens (tertiary/aromatic N) is 2. The molecule has 6 nitrogen and oxygen atoms in total. The van der Waals surface area contributed by atoms with E-state index in [0.717, 1.165) is 5.56 Å². The second-order valence-electron chi connectivity index (χ2n) is 6.83. The van der Waals surface area contributed by atoms with Crippen LogP contribution in [0.4, 0.5) is 0 Å². The zero-order chi connectivity index (χ0) is 22.0. The topological polar surface area (TPSA) is 76.4 Å². The second kappa shape index (κ2) is 8.81. The number of hydrogen-bond donors (Lipinski definition) is 2. The zero-order valence-electron chi connectivity index (χ0n) is 16.7. The van der Waals surface area contributed by atoms with Crippen molar-refractivity contribution in [3.8, 4) is 11.6 Å². The lowest BCUT2D eigenvalue weighted by Gasteiger charge is -2.16. The van der Waals surface area contributed by atoms with Crippen molar-refractivity contribution >= 4 is 34.9 Å². The third-order valence-electron chi connectivity index (χ3n) is 4.59. The van der Waals surface area contributed by atoms with Crippen molar-refractivity contribution in [3.63, 3.8) is 0 Å². The summed E-state index contributed by atoms with van der Waals surface area (Å²) in [6.45, 7) is 7.11. The summed E-state index contributed by atoms with van der Waals surface area (Å²) in [5.41, 5.74) is 2.36. The molecule has 0 radical (unpaired) electrons. The molecule has 8 heteroatoms. The van der Waals surface area contributed by atoms with E-state index < -0.39 is 0 Å². The number of aliphatic hydroxyl groups is 1. The third-order valence-corrected chi connectivity index (χ3v) is 5.33. The Balaban J connectivity index is 1.83. The van der Waals surface area contributed by atoms with Crippen LogP contribution < -0.4 is 10.1 Å². The van der Waals surface area contributed by atoms with Crippen molar-refractivity contribution in [1.82, 2.24) is 15.1 Å². The van der Waals surface area contributed by atoms with E-state index in [1.807, 2.05) is 19.1 Å². The number of benzene rings is 2. The number of aliphatic hydroxyl groups excluding tert-OH is 1. The van der Waals surface area contributed by atoms with Gasteiger partial charge in [0.1, 0.15) is 17.1 Å². The molecule has 0 fully saturated rings. The van der Waals surface area contributed by atoms with Crippen LogP contribution in [0, 0.1) is 6.92 Å². The molecule has 1 aromatic heterocycles. The van der Waals surface area contributed by atoms with Crippen molar-refractivity contribution in [3.05, 3.63) is 81.5 Å². The van der Waals surface area contributed by atoms with Crippen LogP contribution in [-0.2, 0) is 7.05 Å². The van der Waals surface area contributed by atoms with Crippen molar-refractivity contribution in [1.29, 1.82) is 0 Å². The highest BCUT2D eigenvalue weighted by Crippen LogP contribution is 2.32. The summed E-state index contributed by atoms with van der Waals surface area (Å²) in [5.74, 6) is 0.406. The van der Waals surface area contributed by atoms with Gasteiger partial charge in [0.2, 0.25) is 5.88 Å². The first-order valence-corrected chi connectivity index (χ1v) is 9.88. The fourth-order valence-electron chi connectivity index (χ4n) is 2.98. The first-order valence-electron chi connectivity index (χ1n) is 9.13. The molecular formula is C22H21Cl2N3O3. The fraction of sp³-hybridized carbons (Fsp3) is 0.182. The van der Waals surface area contributed by atoms with Crippen LogP contribution in [0.15, 0.2) is 49.0 Å². The fourth-order valence-corrected chi connectivity index (χ4v) is 3.27. The van der Waals surface area contributed by atoms with Crippen LogP contribution in [0.3, 0.4) is 0 Å². The number of aromatic nitrogens is 2. The van der Waals surface area contributed by atoms with Gasteiger partial charge in [0.15, 0.2) is 0 Å². The maximum atomic E-state index is 13.0. The summed E-state index contributed by atoms with van der Waals surface area (Å²) in [6, 6.07) is 11.7. The molecule has 1 amide bonds. The predicted molar refractivity (Wildman–Crippen MR) is 118 cm³/mol. The Morgan fingerprint density at radius 2 is 1.87 bits per heavy atom. The van der Waals surface area contributed by atoms with Crippen molar-refractivity contribution in [2.75, 3.05) is 0 Å². The van der Waals surface area contributed by atoms with E-state index in [1.165, 1.54) is 4.68 Å². The van der Waals surface area contributed by atoms with Gasteiger partial charge in [-0.2, -0.15) is 5.10 Å². The van der Waals surface area contributed by atoms with Gasteiger partial charge in [-0.1, -0.05) is 54.0 Å². The molecule has 2 aromatic carbocycles. The molecule has 0 bridgehead atoms. The zero-order valence-corrected chi connectivity index (χ0v) is 18.3. The van der Waals surface area contributed by atoms with Crippen LogP contribution in [0.25, 0.3) is 5.76 Å². The molecule has 0 saturated heterocycles. The Morgan fingerprint density at radius 3 is 2.47 bits per heavy atom.